The van der Waals surface area contributed by atoms with Gasteiger partial charge < -0.3 is 5.32 Å². The maximum atomic E-state index is 4.33. The van der Waals surface area contributed by atoms with Gasteiger partial charge in [-0.15, -0.1) is 11.8 Å². The zero-order valence-corrected chi connectivity index (χ0v) is 13.2. The Balaban J connectivity index is 1.83. The van der Waals surface area contributed by atoms with Gasteiger partial charge in [0.05, 0.1) is 13.1 Å². The Bertz CT molecular complexity index is 516. The maximum Gasteiger partial charge on any atom is 0.140 e. The van der Waals surface area contributed by atoms with Crippen LogP contribution < -0.4 is 5.32 Å². The first-order valence-electron chi connectivity index (χ1n) is 6.84. The molecule has 2 rings (SSSR count). The van der Waals surface area contributed by atoms with Crippen LogP contribution in [-0.2, 0) is 13.1 Å². The molecule has 0 amide bonds. The lowest BCUT2D eigenvalue weighted by Gasteiger charge is -2.20. The van der Waals surface area contributed by atoms with Crippen LogP contribution in [0, 0.1) is 0 Å². The molecule has 1 aromatic heterocycles. The summed E-state index contributed by atoms with van der Waals surface area (Å²) in [5.74, 6) is 1.99. The molecule has 108 valence electrons. The Morgan fingerprint density at radius 2 is 1.95 bits per heavy atom. The van der Waals surface area contributed by atoms with Crippen molar-refractivity contribution in [1.82, 2.24) is 20.1 Å². The van der Waals surface area contributed by atoms with Crippen LogP contribution in [0.4, 0.5) is 0 Å². The van der Waals surface area contributed by atoms with Crippen LogP contribution in [0.15, 0.2) is 41.6 Å². The minimum absolute atomic E-state index is 0.0928. The second-order valence-electron chi connectivity index (χ2n) is 5.66. The van der Waals surface area contributed by atoms with Gasteiger partial charge in [-0.2, -0.15) is 5.10 Å². The van der Waals surface area contributed by atoms with Crippen LogP contribution in [0.1, 0.15) is 26.6 Å². The average molecular weight is 290 g/mol. The van der Waals surface area contributed by atoms with Crippen molar-refractivity contribution in [3.8, 4) is 0 Å². The molecule has 0 spiro atoms. The lowest BCUT2D eigenvalue weighted by molar-refractivity contribution is 0.409. The highest BCUT2D eigenvalue weighted by Gasteiger charge is 2.11. The van der Waals surface area contributed by atoms with Gasteiger partial charge in [-0.1, -0.05) is 18.2 Å². The van der Waals surface area contributed by atoms with E-state index < -0.39 is 0 Å². The van der Waals surface area contributed by atoms with E-state index in [1.807, 2.05) is 22.5 Å². The molecule has 0 saturated heterocycles. The summed E-state index contributed by atoms with van der Waals surface area (Å²) in [5, 5.41) is 7.74. The van der Waals surface area contributed by atoms with Crippen LogP contribution in [-0.4, -0.2) is 26.1 Å². The fraction of sp³-hybridized carbons (Fsp3) is 0.467. The summed E-state index contributed by atoms with van der Waals surface area (Å²) in [6.45, 7) is 8.08. The number of nitrogens with zero attached hydrogens (tertiary/aromatic N) is 3. The lowest BCUT2D eigenvalue weighted by atomic mass is 10.1. The Labute approximate surface area is 125 Å². The van der Waals surface area contributed by atoms with E-state index in [4.69, 9.17) is 0 Å². The summed E-state index contributed by atoms with van der Waals surface area (Å²) in [6.07, 6.45) is 1.63. The third-order valence-electron chi connectivity index (χ3n) is 2.79. The quantitative estimate of drug-likeness (QED) is 0.831. The van der Waals surface area contributed by atoms with Crippen molar-refractivity contribution in [3.63, 3.8) is 0 Å². The molecule has 2 aromatic rings. The molecular formula is C15H22N4S. The molecule has 5 heteroatoms. The number of benzene rings is 1. The van der Waals surface area contributed by atoms with Crippen molar-refractivity contribution in [1.29, 1.82) is 0 Å². The highest BCUT2D eigenvalue weighted by Crippen LogP contribution is 2.17. The minimum Gasteiger partial charge on any atom is -0.305 e. The number of thioether (sulfide) groups is 1. The molecule has 1 heterocycles. The Hall–Kier alpha value is -1.33. The monoisotopic (exact) mass is 290 g/mol. The third kappa shape index (κ3) is 4.98. The van der Waals surface area contributed by atoms with Crippen molar-refractivity contribution in [2.45, 2.75) is 44.3 Å². The zero-order chi connectivity index (χ0) is 14.4. The second kappa shape index (κ2) is 6.90. The molecule has 0 aliphatic heterocycles. The number of hydrogen-bond acceptors (Lipinski definition) is 4. The molecule has 0 radical (unpaired) electrons. The number of nitrogens with one attached hydrogen (secondary N) is 1. The molecule has 1 aromatic carbocycles. The molecule has 20 heavy (non-hydrogen) atoms. The van der Waals surface area contributed by atoms with E-state index in [1.54, 1.807) is 6.33 Å². The average Bonchev–Trinajstić information content (AvgIpc) is 2.84. The van der Waals surface area contributed by atoms with Crippen LogP contribution in [0.2, 0.25) is 0 Å². The number of rotatable bonds is 6. The van der Waals surface area contributed by atoms with Gasteiger partial charge in [0.15, 0.2) is 0 Å². The van der Waals surface area contributed by atoms with E-state index in [0.29, 0.717) is 0 Å². The number of aryl methyl sites for hydroxylation is 1. The van der Waals surface area contributed by atoms with Crippen molar-refractivity contribution in [2.24, 2.45) is 0 Å². The number of hydrogen-bond donors (Lipinski definition) is 1. The maximum absolute atomic E-state index is 4.33. The molecule has 0 bridgehead atoms. The fourth-order valence-electron chi connectivity index (χ4n) is 1.72. The first-order valence-corrected chi connectivity index (χ1v) is 7.83. The smallest absolute Gasteiger partial charge is 0.140 e. The molecule has 0 saturated carbocycles. The largest absolute Gasteiger partial charge is 0.305 e. The van der Waals surface area contributed by atoms with Crippen LogP contribution in [0.25, 0.3) is 0 Å². The van der Waals surface area contributed by atoms with Gasteiger partial charge in [-0.25, -0.2) is 9.67 Å². The topological polar surface area (TPSA) is 42.7 Å². The molecule has 1 N–H and O–H groups in total. The molecule has 0 aliphatic carbocycles. The SMILES string of the molecule is CC(C)(C)NCc1ncnn1CCSc1ccccc1. The van der Waals surface area contributed by atoms with Crippen molar-refractivity contribution in [2.75, 3.05) is 5.75 Å². The molecular weight excluding hydrogens is 268 g/mol. The molecule has 4 nitrogen and oxygen atoms in total. The van der Waals surface area contributed by atoms with E-state index in [9.17, 15) is 0 Å². The van der Waals surface area contributed by atoms with E-state index >= 15 is 0 Å². The van der Waals surface area contributed by atoms with E-state index in [0.717, 1.165) is 24.7 Å². The Morgan fingerprint density at radius 1 is 1.20 bits per heavy atom. The van der Waals surface area contributed by atoms with Gasteiger partial charge in [0.1, 0.15) is 12.2 Å². The van der Waals surface area contributed by atoms with Gasteiger partial charge in [0.25, 0.3) is 0 Å². The highest BCUT2D eigenvalue weighted by molar-refractivity contribution is 7.99. The van der Waals surface area contributed by atoms with Crippen LogP contribution >= 0.6 is 11.8 Å². The summed E-state index contributed by atoms with van der Waals surface area (Å²) in [5.41, 5.74) is 0.0928. The van der Waals surface area contributed by atoms with Crippen molar-refractivity contribution >= 4 is 11.8 Å². The Kier molecular flexibility index (Phi) is 5.20. The first kappa shape index (κ1) is 15.1. The van der Waals surface area contributed by atoms with Crippen molar-refractivity contribution < 1.29 is 0 Å². The summed E-state index contributed by atoms with van der Waals surface area (Å²) >= 11 is 1.84. The standard InChI is InChI=1S/C15H22N4S/c1-15(2,3)17-11-14-16-12-18-19(14)9-10-20-13-7-5-4-6-8-13/h4-8,12,17H,9-11H2,1-3H3. The Morgan fingerprint density at radius 3 is 2.65 bits per heavy atom. The molecule has 0 fully saturated rings. The predicted octanol–water partition coefficient (Wildman–Crippen LogP) is 2.96. The van der Waals surface area contributed by atoms with Gasteiger partial charge >= 0.3 is 0 Å². The van der Waals surface area contributed by atoms with Crippen LogP contribution in [0.3, 0.4) is 0 Å². The molecule has 0 atom stereocenters. The molecule has 0 aliphatic rings. The minimum atomic E-state index is 0.0928. The van der Waals surface area contributed by atoms with E-state index in [1.165, 1.54) is 4.90 Å². The summed E-state index contributed by atoms with van der Waals surface area (Å²) < 4.78 is 1.98. The van der Waals surface area contributed by atoms with E-state index in [2.05, 4.69) is 60.4 Å². The van der Waals surface area contributed by atoms with Gasteiger partial charge in [-0.3, -0.25) is 0 Å². The second-order valence-corrected chi connectivity index (χ2v) is 6.83. The highest BCUT2D eigenvalue weighted by atomic mass is 32.2. The predicted molar refractivity (Wildman–Crippen MR) is 83.8 cm³/mol. The van der Waals surface area contributed by atoms with Gasteiger partial charge in [-0.05, 0) is 32.9 Å². The normalized spacial score (nSPS) is 11.8. The zero-order valence-electron chi connectivity index (χ0n) is 12.3. The van der Waals surface area contributed by atoms with Crippen molar-refractivity contribution in [3.05, 3.63) is 42.5 Å². The van der Waals surface area contributed by atoms with E-state index in [-0.39, 0.29) is 5.54 Å². The van der Waals surface area contributed by atoms with Crippen LogP contribution in [0.5, 0.6) is 0 Å². The lowest BCUT2D eigenvalue weighted by Crippen LogP contribution is -2.36. The summed E-state index contributed by atoms with van der Waals surface area (Å²) in [4.78, 5) is 5.62. The molecule has 0 unspecified atom stereocenters. The fourth-order valence-corrected chi connectivity index (χ4v) is 2.57. The number of aromatic nitrogens is 3. The van der Waals surface area contributed by atoms with Gasteiger partial charge in [0.2, 0.25) is 0 Å². The van der Waals surface area contributed by atoms with Gasteiger partial charge in [0, 0.05) is 16.2 Å². The summed E-state index contributed by atoms with van der Waals surface area (Å²) in [7, 11) is 0. The third-order valence-corrected chi connectivity index (χ3v) is 3.78. The first-order chi connectivity index (χ1) is 9.54. The summed E-state index contributed by atoms with van der Waals surface area (Å²) in [6, 6.07) is 10.4.